The van der Waals surface area contributed by atoms with E-state index in [1.165, 1.54) is 0 Å². The number of phenols is 1. The van der Waals surface area contributed by atoms with Crippen molar-refractivity contribution in [1.82, 2.24) is 14.8 Å². The fraction of sp³-hybridized carbons (Fsp3) is 0.478. The zero-order valence-electron chi connectivity index (χ0n) is 18.2. The maximum atomic E-state index is 13.2. The Morgan fingerprint density at radius 1 is 1.20 bits per heavy atom. The highest BCUT2D eigenvalue weighted by atomic mass is 16.5. The normalized spacial score (nSPS) is 16.4. The van der Waals surface area contributed by atoms with Crippen LogP contribution in [-0.4, -0.2) is 70.5 Å². The van der Waals surface area contributed by atoms with Gasteiger partial charge in [-0.25, -0.2) is 4.79 Å². The molecule has 0 aliphatic carbocycles. The van der Waals surface area contributed by atoms with Crippen LogP contribution in [-0.2, 0) is 11.3 Å². The van der Waals surface area contributed by atoms with Crippen LogP contribution in [0.1, 0.15) is 51.5 Å². The molecule has 7 nitrogen and oxygen atoms in total. The number of rotatable bonds is 7. The van der Waals surface area contributed by atoms with Crippen molar-refractivity contribution in [3.05, 3.63) is 52.3 Å². The Kier molecular flexibility index (Phi) is 6.95. The van der Waals surface area contributed by atoms with Gasteiger partial charge in [0, 0.05) is 38.4 Å². The van der Waals surface area contributed by atoms with Crippen LogP contribution in [0.5, 0.6) is 5.75 Å². The van der Waals surface area contributed by atoms with Crippen molar-refractivity contribution >= 4 is 11.8 Å². The molecule has 0 spiro atoms. The van der Waals surface area contributed by atoms with Crippen molar-refractivity contribution in [2.24, 2.45) is 0 Å². The number of phenolic OH excluding ortho intramolecular Hbond substituents is 1. The zero-order chi connectivity index (χ0) is 21.8. The molecule has 1 aliphatic rings. The number of aromatic amines is 1. The van der Waals surface area contributed by atoms with Crippen LogP contribution in [0.15, 0.2) is 24.3 Å². The quantitative estimate of drug-likeness (QED) is 0.536. The number of hydrogen-bond donors (Lipinski definition) is 2. The predicted molar refractivity (Wildman–Crippen MR) is 115 cm³/mol. The number of Topliss-reactive ketones (excluding diaryl/α,β-unsaturated/α-hetero) is 1. The van der Waals surface area contributed by atoms with Gasteiger partial charge in [-0.1, -0.05) is 12.1 Å². The summed E-state index contributed by atoms with van der Waals surface area (Å²) in [5.74, 6) is -0.118. The summed E-state index contributed by atoms with van der Waals surface area (Å²) in [7, 11) is 0. The van der Waals surface area contributed by atoms with Crippen molar-refractivity contribution in [2.45, 2.75) is 40.3 Å². The number of hydrogen-bond acceptors (Lipinski definition) is 6. The standard InChI is InChI=1S/C23H31N3O4/c1-5-30-23(29)20-15(2)21(24-16(20)3)22(28)17(4)26-11-9-25(10-12-26)14-18-7-6-8-19(27)13-18/h6-8,13,17,24,27H,5,9-12,14H2,1-4H3/t17-/m1/s1. The first kappa shape index (κ1) is 22.1. The molecule has 1 fully saturated rings. The molecule has 1 saturated heterocycles. The van der Waals surface area contributed by atoms with Gasteiger partial charge in [-0.15, -0.1) is 0 Å². The molecule has 1 atom stereocenters. The fourth-order valence-electron chi connectivity index (χ4n) is 4.10. The third-order valence-corrected chi connectivity index (χ3v) is 5.81. The number of aromatic nitrogens is 1. The molecule has 3 rings (SSSR count). The Balaban J connectivity index is 1.62. The number of ether oxygens (including phenoxy) is 1. The molecule has 0 radical (unpaired) electrons. The van der Waals surface area contributed by atoms with Gasteiger partial charge < -0.3 is 14.8 Å². The minimum atomic E-state index is -0.393. The summed E-state index contributed by atoms with van der Waals surface area (Å²) in [6, 6.07) is 7.05. The second kappa shape index (κ2) is 9.45. The van der Waals surface area contributed by atoms with Gasteiger partial charge in [0.25, 0.3) is 0 Å². The summed E-state index contributed by atoms with van der Waals surface area (Å²) in [5.41, 5.74) is 3.35. The van der Waals surface area contributed by atoms with Crippen molar-refractivity contribution in [3.63, 3.8) is 0 Å². The van der Waals surface area contributed by atoms with Crippen LogP contribution in [0.4, 0.5) is 0 Å². The van der Waals surface area contributed by atoms with E-state index in [4.69, 9.17) is 4.74 Å². The average molecular weight is 414 g/mol. The molecular weight excluding hydrogens is 382 g/mol. The summed E-state index contributed by atoms with van der Waals surface area (Å²) < 4.78 is 5.13. The van der Waals surface area contributed by atoms with E-state index < -0.39 is 5.97 Å². The van der Waals surface area contributed by atoms with Gasteiger partial charge >= 0.3 is 5.97 Å². The number of benzene rings is 1. The van der Waals surface area contributed by atoms with E-state index in [0.717, 1.165) is 38.3 Å². The summed E-state index contributed by atoms with van der Waals surface area (Å²) in [6.45, 7) is 11.6. The Morgan fingerprint density at radius 3 is 2.53 bits per heavy atom. The van der Waals surface area contributed by atoms with E-state index in [1.54, 1.807) is 32.9 Å². The van der Waals surface area contributed by atoms with Gasteiger partial charge in [-0.2, -0.15) is 0 Å². The molecule has 7 heteroatoms. The Morgan fingerprint density at radius 2 is 1.90 bits per heavy atom. The third-order valence-electron chi connectivity index (χ3n) is 5.81. The molecule has 2 aromatic rings. The highest BCUT2D eigenvalue weighted by molar-refractivity contribution is 6.03. The van der Waals surface area contributed by atoms with Crippen molar-refractivity contribution in [3.8, 4) is 5.75 Å². The lowest BCUT2D eigenvalue weighted by atomic mass is 10.0. The molecule has 0 saturated carbocycles. The van der Waals surface area contributed by atoms with Gasteiger partial charge in [-0.3, -0.25) is 14.6 Å². The minimum absolute atomic E-state index is 0.00687. The molecule has 30 heavy (non-hydrogen) atoms. The van der Waals surface area contributed by atoms with Crippen LogP contribution in [0, 0.1) is 13.8 Å². The van der Waals surface area contributed by atoms with E-state index in [0.29, 0.717) is 29.1 Å². The third kappa shape index (κ3) is 4.74. The summed E-state index contributed by atoms with van der Waals surface area (Å²) >= 11 is 0. The maximum Gasteiger partial charge on any atom is 0.340 e. The van der Waals surface area contributed by atoms with Crippen molar-refractivity contribution in [1.29, 1.82) is 0 Å². The lowest BCUT2D eigenvalue weighted by molar-refractivity contribution is 0.0525. The Labute approximate surface area is 177 Å². The first-order valence-corrected chi connectivity index (χ1v) is 10.5. The SMILES string of the molecule is CCOC(=O)c1c(C)[nH]c(C(=O)[C@@H](C)N2CCN(Cc3cccc(O)c3)CC2)c1C. The van der Waals surface area contributed by atoms with E-state index in [9.17, 15) is 14.7 Å². The summed E-state index contributed by atoms with van der Waals surface area (Å²) in [4.78, 5) is 33.0. The summed E-state index contributed by atoms with van der Waals surface area (Å²) in [6.07, 6.45) is 0. The molecule has 2 N–H and O–H groups in total. The topological polar surface area (TPSA) is 85.9 Å². The van der Waals surface area contributed by atoms with E-state index in [1.807, 2.05) is 19.1 Å². The highest BCUT2D eigenvalue weighted by Gasteiger charge is 2.30. The second-order valence-electron chi connectivity index (χ2n) is 7.87. The number of esters is 1. The van der Waals surface area contributed by atoms with Crippen molar-refractivity contribution in [2.75, 3.05) is 32.8 Å². The smallest absolute Gasteiger partial charge is 0.340 e. The molecule has 1 aromatic heterocycles. The fourth-order valence-corrected chi connectivity index (χ4v) is 4.10. The van der Waals surface area contributed by atoms with Crippen LogP contribution < -0.4 is 0 Å². The van der Waals surface area contributed by atoms with Gasteiger partial charge in [0.2, 0.25) is 0 Å². The number of carbonyl (C=O) groups excluding carboxylic acids is 2. The van der Waals surface area contributed by atoms with Gasteiger partial charge in [0.1, 0.15) is 5.75 Å². The second-order valence-corrected chi connectivity index (χ2v) is 7.87. The van der Waals surface area contributed by atoms with Crippen LogP contribution in [0.2, 0.25) is 0 Å². The van der Waals surface area contributed by atoms with Crippen LogP contribution in [0.3, 0.4) is 0 Å². The van der Waals surface area contributed by atoms with Crippen molar-refractivity contribution < 1.29 is 19.4 Å². The molecule has 2 heterocycles. The van der Waals surface area contributed by atoms with E-state index >= 15 is 0 Å². The number of piperazine rings is 1. The number of ketones is 1. The first-order valence-electron chi connectivity index (χ1n) is 10.5. The monoisotopic (exact) mass is 413 g/mol. The lowest BCUT2D eigenvalue weighted by Crippen LogP contribution is -2.51. The Hall–Kier alpha value is -2.64. The van der Waals surface area contributed by atoms with Crippen LogP contribution >= 0.6 is 0 Å². The molecule has 0 bridgehead atoms. The van der Waals surface area contributed by atoms with Gasteiger partial charge in [0.05, 0.1) is 23.9 Å². The largest absolute Gasteiger partial charge is 0.508 e. The van der Waals surface area contributed by atoms with Gasteiger partial charge in [-0.05, 0) is 51.0 Å². The molecule has 0 amide bonds. The zero-order valence-corrected chi connectivity index (χ0v) is 18.2. The number of nitrogens with zero attached hydrogens (tertiary/aromatic N) is 2. The van der Waals surface area contributed by atoms with E-state index in [-0.39, 0.29) is 17.6 Å². The molecular formula is C23H31N3O4. The number of carbonyl (C=O) groups is 2. The highest BCUT2D eigenvalue weighted by Crippen LogP contribution is 2.22. The number of aryl methyl sites for hydroxylation is 1. The molecule has 1 aliphatic heterocycles. The number of H-pyrrole nitrogens is 1. The molecule has 0 unspecified atom stereocenters. The summed E-state index contributed by atoms with van der Waals surface area (Å²) in [5, 5.41) is 9.64. The predicted octanol–water partition coefficient (Wildman–Crippen LogP) is 2.90. The first-order chi connectivity index (χ1) is 14.3. The Bertz CT molecular complexity index is 913. The van der Waals surface area contributed by atoms with Gasteiger partial charge in [0.15, 0.2) is 5.78 Å². The average Bonchev–Trinajstić information content (AvgIpc) is 3.02. The number of nitrogens with one attached hydrogen (secondary N) is 1. The minimum Gasteiger partial charge on any atom is -0.508 e. The number of aromatic hydroxyl groups is 1. The maximum absolute atomic E-state index is 13.2. The molecule has 1 aromatic carbocycles. The van der Waals surface area contributed by atoms with Crippen LogP contribution in [0.25, 0.3) is 0 Å². The lowest BCUT2D eigenvalue weighted by Gasteiger charge is -2.37. The molecule has 162 valence electrons. The van der Waals surface area contributed by atoms with E-state index in [2.05, 4.69) is 14.8 Å².